The van der Waals surface area contributed by atoms with E-state index in [0.29, 0.717) is 32.5 Å². The molecule has 1 unspecified atom stereocenters. The van der Waals surface area contributed by atoms with Crippen LogP contribution in [-0.4, -0.2) is 42.7 Å². The van der Waals surface area contributed by atoms with Crippen molar-refractivity contribution in [2.24, 2.45) is 0 Å². The highest BCUT2D eigenvalue weighted by Gasteiger charge is 2.41. The number of fused-ring (bicyclic) bond motifs is 1. The molecule has 2 aliphatic heterocycles. The summed E-state index contributed by atoms with van der Waals surface area (Å²) < 4.78 is 27.6. The molecule has 1 saturated heterocycles. The van der Waals surface area contributed by atoms with Gasteiger partial charge in [-0.25, -0.2) is 8.42 Å². The monoisotopic (exact) mass is 384 g/mol. The summed E-state index contributed by atoms with van der Waals surface area (Å²) in [4.78, 5) is 15.2. The zero-order valence-electron chi connectivity index (χ0n) is 15.5. The summed E-state index contributed by atoms with van der Waals surface area (Å²) in [6, 6.07) is 14.4. The van der Waals surface area contributed by atoms with Gasteiger partial charge in [-0.2, -0.15) is 4.31 Å². The van der Waals surface area contributed by atoms with Crippen LogP contribution in [0.1, 0.15) is 29.5 Å². The Kier molecular flexibility index (Phi) is 4.78. The topological polar surface area (TPSA) is 57.7 Å². The number of rotatable bonds is 3. The number of hydrogen-bond donors (Lipinski definition) is 0. The number of aryl methyl sites for hydroxylation is 1. The molecule has 142 valence electrons. The van der Waals surface area contributed by atoms with Gasteiger partial charge in [-0.1, -0.05) is 42.0 Å². The summed E-state index contributed by atoms with van der Waals surface area (Å²) in [7, 11) is -3.66. The number of amides is 1. The Morgan fingerprint density at radius 3 is 2.44 bits per heavy atom. The van der Waals surface area contributed by atoms with Gasteiger partial charge in [0, 0.05) is 19.6 Å². The fraction of sp³-hybridized carbons (Fsp3) is 0.381. The van der Waals surface area contributed by atoms with E-state index in [-0.39, 0.29) is 10.8 Å². The average Bonchev–Trinajstić information content (AvgIpc) is 3.18. The number of nitrogens with zero attached hydrogens (tertiary/aromatic N) is 2. The largest absolute Gasteiger partial charge is 0.337 e. The van der Waals surface area contributed by atoms with Crippen LogP contribution >= 0.6 is 0 Å². The molecule has 27 heavy (non-hydrogen) atoms. The van der Waals surface area contributed by atoms with Gasteiger partial charge in [0.1, 0.15) is 6.04 Å². The Morgan fingerprint density at radius 1 is 1.00 bits per heavy atom. The predicted octanol–water partition coefficient (Wildman–Crippen LogP) is 2.73. The second kappa shape index (κ2) is 7.09. The Morgan fingerprint density at radius 2 is 1.70 bits per heavy atom. The van der Waals surface area contributed by atoms with Crippen LogP contribution in [0.15, 0.2) is 53.4 Å². The molecule has 2 aliphatic rings. The summed E-state index contributed by atoms with van der Waals surface area (Å²) in [5, 5.41) is 0. The fourth-order valence-electron chi connectivity index (χ4n) is 4.01. The fourth-order valence-corrected chi connectivity index (χ4v) is 5.67. The molecule has 0 radical (unpaired) electrons. The zero-order chi connectivity index (χ0) is 19.0. The van der Waals surface area contributed by atoms with Gasteiger partial charge in [0.05, 0.1) is 4.90 Å². The van der Waals surface area contributed by atoms with Crippen LogP contribution in [0.2, 0.25) is 0 Å². The van der Waals surface area contributed by atoms with Crippen molar-refractivity contribution in [1.82, 2.24) is 9.21 Å². The van der Waals surface area contributed by atoms with Gasteiger partial charge < -0.3 is 4.90 Å². The molecule has 1 amide bonds. The first-order chi connectivity index (χ1) is 13.0. The van der Waals surface area contributed by atoms with E-state index in [0.717, 1.165) is 17.5 Å². The summed E-state index contributed by atoms with van der Waals surface area (Å²) in [6.45, 7) is 3.53. The normalized spacial score (nSPS) is 20.5. The molecular formula is C21H24N2O3S. The molecule has 0 aromatic heterocycles. The maximum atomic E-state index is 13.2. The van der Waals surface area contributed by atoms with Crippen LogP contribution < -0.4 is 0 Å². The maximum Gasteiger partial charge on any atom is 0.243 e. The van der Waals surface area contributed by atoms with E-state index in [1.807, 2.05) is 30.0 Å². The van der Waals surface area contributed by atoms with E-state index in [1.54, 1.807) is 24.3 Å². The van der Waals surface area contributed by atoms with Gasteiger partial charge in [-0.05, 0) is 49.4 Å². The van der Waals surface area contributed by atoms with E-state index in [2.05, 4.69) is 6.07 Å². The van der Waals surface area contributed by atoms with Crippen molar-refractivity contribution in [3.8, 4) is 0 Å². The minimum atomic E-state index is -3.66. The summed E-state index contributed by atoms with van der Waals surface area (Å²) in [6.07, 6.45) is 2.12. The molecule has 1 atom stereocenters. The molecule has 0 saturated carbocycles. The molecule has 5 nitrogen and oxygen atoms in total. The van der Waals surface area contributed by atoms with Crippen LogP contribution in [0.3, 0.4) is 0 Å². The smallest absolute Gasteiger partial charge is 0.243 e. The first-order valence-electron chi connectivity index (χ1n) is 9.41. The highest BCUT2D eigenvalue weighted by atomic mass is 32.2. The number of carbonyl (C=O) groups excluding carboxylic acids is 1. The lowest BCUT2D eigenvalue weighted by atomic mass is 9.99. The van der Waals surface area contributed by atoms with Gasteiger partial charge in [0.15, 0.2) is 0 Å². The number of carbonyl (C=O) groups is 1. The molecule has 0 aliphatic carbocycles. The van der Waals surface area contributed by atoms with Crippen molar-refractivity contribution >= 4 is 15.9 Å². The standard InChI is InChI=1S/C21H24N2O3S/c1-16-8-10-19(11-9-16)27(25,26)23-13-4-7-20(23)21(24)22-14-12-17-5-2-3-6-18(17)15-22/h2-3,5-6,8-11,20H,4,7,12-15H2,1H3. The first-order valence-corrected chi connectivity index (χ1v) is 10.8. The summed E-state index contributed by atoms with van der Waals surface area (Å²) in [5.41, 5.74) is 3.44. The van der Waals surface area contributed by atoms with Crippen LogP contribution in [0.4, 0.5) is 0 Å². The Balaban J connectivity index is 1.56. The molecular weight excluding hydrogens is 360 g/mol. The maximum absolute atomic E-state index is 13.2. The summed E-state index contributed by atoms with van der Waals surface area (Å²) in [5.74, 6) is -0.0716. The van der Waals surface area contributed by atoms with E-state index in [1.165, 1.54) is 9.87 Å². The Labute approximate surface area is 160 Å². The predicted molar refractivity (Wildman–Crippen MR) is 104 cm³/mol. The third kappa shape index (κ3) is 3.39. The third-order valence-electron chi connectivity index (χ3n) is 5.56. The quantitative estimate of drug-likeness (QED) is 0.818. The molecule has 2 aromatic carbocycles. The van der Waals surface area contributed by atoms with Gasteiger partial charge >= 0.3 is 0 Å². The molecule has 2 heterocycles. The highest BCUT2D eigenvalue weighted by Crippen LogP contribution is 2.29. The minimum absolute atomic E-state index is 0.0716. The van der Waals surface area contributed by atoms with Crippen molar-refractivity contribution in [3.05, 3.63) is 65.2 Å². The molecule has 0 spiro atoms. The molecule has 4 rings (SSSR count). The molecule has 1 fully saturated rings. The second-order valence-electron chi connectivity index (χ2n) is 7.37. The van der Waals surface area contributed by atoms with Gasteiger partial charge in [0.25, 0.3) is 0 Å². The average molecular weight is 385 g/mol. The van der Waals surface area contributed by atoms with Crippen molar-refractivity contribution in [3.63, 3.8) is 0 Å². The number of hydrogen-bond acceptors (Lipinski definition) is 3. The lowest BCUT2D eigenvalue weighted by Gasteiger charge is -2.33. The lowest BCUT2D eigenvalue weighted by Crippen LogP contribution is -2.49. The summed E-state index contributed by atoms with van der Waals surface area (Å²) >= 11 is 0. The first kappa shape index (κ1) is 18.2. The zero-order valence-corrected chi connectivity index (χ0v) is 16.3. The van der Waals surface area contributed by atoms with E-state index >= 15 is 0 Å². The van der Waals surface area contributed by atoms with Crippen molar-refractivity contribution < 1.29 is 13.2 Å². The highest BCUT2D eigenvalue weighted by molar-refractivity contribution is 7.89. The number of benzene rings is 2. The van der Waals surface area contributed by atoms with Crippen molar-refractivity contribution in [1.29, 1.82) is 0 Å². The van der Waals surface area contributed by atoms with Crippen molar-refractivity contribution in [2.45, 2.75) is 43.7 Å². The van der Waals surface area contributed by atoms with Crippen LogP contribution in [0.25, 0.3) is 0 Å². The van der Waals surface area contributed by atoms with Crippen molar-refractivity contribution in [2.75, 3.05) is 13.1 Å². The third-order valence-corrected chi connectivity index (χ3v) is 7.48. The van der Waals surface area contributed by atoms with E-state index in [9.17, 15) is 13.2 Å². The Hall–Kier alpha value is -2.18. The van der Waals surface area contributed by atoms with E-state index in [4.69, 9.17) is 0 Å². The lowest BCUT2D eigenvalue weighted by molar-refractivity contribution is -0.135. The van der Waals surface area contributed by atoms with Crippen LogP contribution in [-0.2, 0) is 27.8 Å². The molecule has 2 aromatic rings. The van der Waals surface area contributed by atoms with E-state index < -0.39 is 16.1 Å². The van der Waals surface area contributed by atoms with Crippen LogP contribution in [0.5, 0.6) is 0 Å². The molecule has 6 heteroatoms. The van der Waals surface area contributed by atoms with Gasteiger partial charge in [-0.3, -0.25) is 4.79 Å². The second-order valence-corrected chi connectivity index (χ2v) is 9.26. The Bertz CT molecular complexity index is 954. The minimum Gasteiger partial charge on any atom is -0.337 e. The molecule has 0 N–H and O–H groups in total. The SMILES string of the molecule is Cc1ccc(S(=O)(=O)N2CCCC2C(=O)N2CCc3ccccc3C2)cc1. The molecule has 0 bridgehead atoms. The van der Waals surface area contributed by atoms with Crippen LogP contribution in [0, 0.1) is 6.92 Å². The number of sulfonamides is 1. The van der Waals surface area contributed by atoms with Gasteiger partial charge in [0.2, 0.25) is 15.9 Å². The van der Waals surface area contributed by atoms with Gasteiger partial charge in [-0.15, -0.1) is 0 Å².